The van der Waals surface area contributed by atoms with Crippen molar-refractivity contribution in [3.63, 3.8) is 0 Å². The molecule has 1 saturated heterocycles. The van der Waals surface area contributed by atoms with E-state index >= 15 is 0 Å². The summed E-state index contributed by atoms with van der Waals surface area (Å²) < 4.78 is 24.4. The van der Waals surface area contributed by atoms with Crippen LogP contribution in [0.2, 0.25) is 0 Å². The van der Waals surface area contributed by atoms with Crippen LogP contribution in [0.5, 0.6) is 0 Å². The van der Waals surface area contributed by atoms with Crippen LogP contribution in [0.3, 0.4) is 0 Å². The van der Waals surface area contributed by atoms with Crippen LogP contribution in [0.15, 0.2) is 163 Å². The minimum absolute atomic E-state index is 0. The predicted octanol–water partition coefficient (Wildman–Crippen LogP) is 9.37. The largest absolute Gasteiger partial charge is 0.361 e. The van der Waals surface area contributed by atoms with Crippen molar-refractivity contribution >= 4 is 54.7 Å². The molecule has 1 aliphatic rings. The van der Waals surface area contributed by atoms with Crippen molar-refractivity contribution < 1.29 is 42.9 Å². The summed E-state index contributed by atoms with van der Waals surface area (Å²) >= 11 is 0. The van der Waals surface area contributed by atoms with Crippen molar-refractivity contribution in [3.8, 4) is 33.9 Å². The van der Waals surface area contributed by atoms with Gasteiger partial charge >= 0.3 is 0 Å². The van der Waals surface area contributed by atoms with Crippen LogP contribution in [0, 0.1) is 25.0 Å². The average molecular weight is 1200 g/mol. The first-order chi connectivity index (χ1) is 34.5. The Kier molecular flexibility index (Phi) is 24.2. The van der Waals surface area contributed by atoms with E-state index in [0.717, 1.165) is 62.9 Å². The molecule has 1 radical (unpaired) electrons. The maximum Gasteiger partial charge on any atom is 0.224 e. The Morgan fingerprint density at radius 1 is 0.708 bits per heavy atom. The smallest absolute Gasteiger partial charge is 0.224 e. The van der Waals surface area contributed by atoms with E-state index in [1.807, 2.05) is 139 Å². The minimum atomic E-state index is -3.52. The van der Waals surface area contributed by atoms with E-state index in [4.69, 9.17) is 0 Å². The van der Waals surface area contributed by atoms with Crippen molar-refractivity contribution in [2.75, 3.05) is 42.3 Å². The zero-order valence-corrected chi connectivity index (χ0v) is 45.1. The molecule has 377 valence electrons. The number of hydrogen-bond donors (Lipinski definition) is 2. The number of anilines is 1. The SMILES string of the molecule is Cc1ccnc(-c2cc(N3CCCC3C(=O)CC(CS(C)(=O)=O)C(=O)NCCCCC(=O)NCCSSc3ccccn3)ccn2)c1.[Ir].[c-]1ccccc1-c1ccccn1.[c-]1ccccc1-c1ccccn1. The number of carbonyl (C=O) groups excluding carboxylic acids is 3. The molecule has 0 saturated carbocycles. The first kappa shape index (κ1) is 56.8. The fraction of sp³-hybridized carbons (Fsp3) is 0.273. The van der Waals surface area contributed by atoms with E-state index < -0.39 is 33.5 Å². The molecule has 5 aromatic heterocycles. The molecule has 2 unspecified atom stereocenters. The monoisotopic (exact) mass is 1200 g/mol. The molecule has 2 amide bonds. The number of hydrogen-bond acceptors (Lipinski definition) is 13. The Labute approximate surface area is 445 Å². The third-order valence-corrected chi connectivity index (χ3v) is 14.2. The first-order valence-electron chi connectivity index (χ1n) is 23.4. The number of ketones is 1. The van der Waals surface area contributed by atoms with E-state index in [1.54, 1.807) is 52.6 Å². The van der Waals surface area contributed by atoms with E-state index in [2.05, 4.69) is 47.7 Å². The van der Waals surface area contributed by atoms with Gasteiger partial charge in [0.15, 0.2) is 5.78 Å². The number of pyridine rings is 5. The molecule has 0 aliphatic carbocycles. The van der Waals surface area contributed by atoms with Crippen LogP contribution < -0.4 is 15.5 Å². The minimum Gasteiger partial charge on any atom is -0.361 e. The van der Waals surface area contributed by atoms with Crippen LogP contribution in [0.25, 0.3) is 33.9 Å². The topological polar surface area (TPSA) is 177 Å². The molecule has 8 rings (SSSR count). The molecule has 2 atom stereocenters. The molecule has 6 heterocycles. The molecule has 2 N–H and O–H groups in total. The van der Waals surface area contributed by atoms with Crippen LogP contribution in [0.4, 0.5) is 5.69 Å². The van der Waals surface area contributed by atoms with Crippen molar-refractivity contribution in [1.82, 2.24) is 35.6 Å². The summed E-state index contributed by atoms with van der Waals surface area (Å²) in [4.78, 5) is 62.5. The maximum absolute atomic E-state index is 13.6. The van der Waals surface area contributed by atoms with Crippen molar-refractivity contribution in [2.24, 2.45) is 5.92 Å². The van der Waals surface area contributed by atoms with E-state index in [-0.39, 0.29) is 38.2 Å². The summed E-state index contributed by atoms with van der Waals surface area (Å²) in [6.45, 7) is 3.49. The van der Waals surface area contributed by atoms with Crippen LogP contribution >= 0.6 is 21.6 Å². The second kappa shape index (κ2) is 30.7. The number of benzene rings is 2. The van der Waals surface area contributed by atoms with Gasteiger partial charge in [-0.3, -0.25) is 24.4 Å². The van der Waals surface area contributed by atoms with Crippen LogP contribution in [-0.4, -0.2) is 94.4 Å². The average Bonchev–Trinajstić information content (AvgIpc) is 3.90. The molecule has 72 heavy (non-hydrogen) atoms. The van der Waals surface area contributed by atoms with Gasteiger partial charge in [-0.1, -0.05) is 41.1 Å². The zero-order chi connectivity index (χ0) is 50.1. The summed E-state index contributed by atoms with van der Waals surface area (Å²) in [5, 5.41) is 6.61. The van der Waals surface area contributed by atoms with Gasteiger partial charge in [0.25, 0.3) is 0 Å². The van der Waals surface area contributed by atoms with Gasteiger partial charge in [0.1, 0.15) is 14.9 Å². The van der Waals surface area contributed by atoms with E-state index in [1.165, 1.54) is 0 Å². The summed E-state index contributed by atoms with van der Waals surface area (Å²) in [6.07, 6.45) is 12.5. The van der Waals surface area contributed by atoms with E-state index in [0.29, 0.717) is 51.0 Å². The molecule has 13 nitrogen and oxygen atoms in total. The number of carbonyl (C=O) groups is 3. The standard InChI is InChI=1S/C33H42N6O5S3.2C11H8N.Ir/c1-24-11-15-34-27(20-24)28-22-26(12-16-35-28)39-18-7-8-29(39)30(40)21-25(23-47(2,43)44)33(42)38-14-5-3-9-31(41)36-17-19-45-46-32-10-4-6-13-37-32;2*1-2-6-10(7-3-1)11-8-4-5-9-12-11;/h4,6,10-13,15-16,20,22,25,29H,3,5,7-9,14,17-19,21,23H2,1-2H3,(H,36,41)(H,38,42);2*1-6,8-9H;/q;2*-1;. The molecule has 1 fully saturated rings. The van der Waals surface area contributed by atoms with Crippen LogP contribution in [0.1, 0.15) is 44.1 Å². The van der Waals surface area contributed by atoms with Gasteiger partial charge in [-0.25, -0.2) is 13.4 Å². The van der Waals surface area contributed by atoms with Crippen molar-refractivity contribution in [3.05, 3.63) is 176 Å². The van der Waals surface area contributed by atoms with E-state index in [9.17, 15) is 22.8 Å². The Hall–Kier alpha value is -6.10. The number of nitrogens with one attached hydrogen (secondary N) is 2. The van der Waals surface area contributed by atoms with Gasteiger partial charge in [-0.2, -0.15) is 0 Å². The van der Waals surface area contributed by atoms with Crippen LogP contribution in [-0.2, 0) is 44.3 Å². The maximum atomic E-state index is 13.6. The molecule has 0 bridgehead atoms. The summed E-state index contributed by atoms with van der Waals surface area (Å²) in [7, 11) is -0.339. The Bertz CT molecular complexity index is 2680. The Morgan fingerprint density at radius 3 is 1.90 bits per heavy atom. The number of Topliss-reactive ketones (excluding diaryl/α,β-unsaturated/α-hetero) is 1. The second-order valence-electron chi connectivity index (χ2n) is 16.6. The Balaban J connectivity index is 0.000000308. The van der Waals surface area contributed by atoms with Crippen molar-refractivity contribution in [1.29, 1.82) is 0 Å². The van der Waals surface area contributed by atoms with Gasteiger partial charge in [0.05, 0.1) is 29.1 Å². The number of unbranched alkanes of at least 4 members (excludes halogenated alkanes) is 1. The van der Waals surface area contributed by atoms with Crippen molar-refractivity contribution in [2.45, 2.75) is 56.5 Å². The third-order valence-electron chi connectivity index (χ3n) is 10.9. The first-order valence-corrected chi connectivity index (χ1v) is 27.8. The summed E-state index contributed by atoms with van der Waals surface area (Å²) in [5.74, 6) is -1.33. The number of aromatic nitrogens is 5. The number of nitrogens with zero attached hydrogens (tertiary/aromatic N) is 6. The fourth-order valence-corrected chi connectivity index (χ4v) is 10.3. The summed E-state index contributed by atoms with van der Waals surface area (Å²) in [5.41, 5.74) is 7.36. The molecular formula is C55H58IrN8O5S3-2. The molecule has 7 aromatic rings. The second-order valence-corrected chi connectivity index (χ2v) is 21.2. The van der Waals surface area contributed by atoms with Gasteiger partial charge in [0.2, 0.25) is 11.8 Å². The number of sulfone groups is 1. The Morgan fingerprint density at radius 2 is 1.32 bits per heavy atom. The predicted molar refractivity (Wildman–Crippen MR) is 285 cm³/mol. The molecule has 2 aromatic carbocycles. The number of amides is 2. The molecule has 1 aliphatic heterocycles. The van der Waals surface area contributed by atoms with Gasteiger partial charge in [-0.15, -0.1) is 71.8 Å². The van der Waals surface area contributed by atoms with Gasteiger partial charge < -0.3 is 25.5 Å². The quantitative estimate of drug-likeness (QED) is 0.0420. The zero-order valence-electron chi connectivity index (χ0n) is 40.2. The molecular weight excluding hydrogens is 1140 g/mol. The number of aryl methyl sites for hydroxylation is 1. The number of rotatable bonds is 20. The molecule has 0 spiro atoms. The normalized spacial score (nSPS) is 13.2. The van der Waals surface area contributed by atoms with Gasteiger partial charge in [0, 0.05) is 101 Å². The fourth-order valence-electron chi connectivity index (χ4n) is 7.53. The van der Waals surface area contributed by atoms with Gasteiger partial charge in [-0.05, 0) is 109 Å². The third kappa shape index (κ3) is 19.8. The summed E-state index contributed by atoms with van der Waals surface area (Å²) in [6, 6.07) is 46.5. The molecule has 17 heteroatoms.